The molecule has 0 aliphatic rings. The summed E-state index contributed by atoms with van der Waals surface area (Å²) in [5.74, 6) is 0.275. The number of imidazole rings is 1. The molecule has 3 nitrogen and oxygen atoms in total. The minimum absolute atomic E-state index is 0.275. The van der Waals surface area contributed by atoms with Crippen molar-refractivity contribution in [1.82, 2.24) is 9.55 Å². The van der Waals surface area contributed by atoms with E-state index in [2.05, 4.69) is 59.3 Å². The molecule has 0 amide bonds. The van der Waals surface area contributed by atoms with Crippen LogP contribution in [-0.2, 0) is 13.0 Å². The highest BCUT2D eigenvalue weighted by Gasteiger charge is 2.11. The van der Waals surface area contributed by atoms with Crippen molar-refractivity contribution in [3.63, 3.8) is 0 Å². The van der Waals surface area contributed by atoms with Gasteiger partial charge in [-0.25, -0.2) is 4.98 Å². The van der Waals surface area contributed by atoms with Crippen molar-refractivity contribution in [3.05, 3.63) is 108 Å². The number of hydrogen-bond acceptors (Lipinski definition) is 3. The van der Waals surface area contributed by atoms with Crippen molar-refractivity contribution in [2.24, 2.45) is 0 Å². The van der Waals surface area contributed by atoms with Gasteiger partial charge < -0.3 is 9.67 Å². The standard InChI is InChI=1S/C23H20N2OS/c26-21-11-13-22(14-12-21)27-23-24-20(15-18-7-3-1-4-8-18)17-25(23)16-19-9-5-2-6-10-19/h1-14,17,26H,15-16H2. The van der Waals surface area contributed by atoms with Crippen molar-refractivity contribution in [2.45, 2.75) is 23.0 Å². The van der Waals surface area contributed by atoms with Crippen molar-refractivity contribution >= 4 is 11.8 Å². The van der Waals surface area contributed by atoms with Crippen molar-refractivity contribution < 1.29 is 5.11 Å². The molecular weight excluding hydrogens is 352 g/mol. The van der Waals surface area contributed by atoms with Crippen LogP contribution in [0, 0.1) is 0 Å². The topological polar surface area (TPSA) is 38.1 Å². The van der Waals surface area contributed by atoms with Crippen LogP contribution in [0.2, 0.25) is 0 Å². The van der Waals surface area contributed by atoms with Gasteiger partial charge in [0.25, 0.3) is 0 Å². The lowest BCUT2D eigenvalue weighted by Gasteiger charge is -2.07. The van der Waals surface area contributed by atoms with Crippen LogP contribution >= 0.6 is 11.8 Å². The Morgan fingerprint density at radius 2 is 1.41 bits per heavy atom. The Morgan fingerprint density at radius 1 is 0.778 bits per heavy atom. The van der Waals surface area contributed by atoms with Gasteiger partial charge in [-0.15, -0.1) is 0 Å². The highest BCUT2D eigenvalue weighted by atomic mass is 32.2. The summed E-state index contributed by atoms with van der Waals surface area (Å²) < 4.78 is 2.20. The van der Waals surface area contributed by atoms with Crippen LogP contribution in [-0.4, -0.2) is 14.7 Å². The van der Waals surface area contributed by atoms with Gasteiger partial charge in [0.15, 0.2) is 5.16 Å². The second-order valence-corrected chi connectivity index (χ2v) is 7.43. The molecule has 0 spiro atoms. The molecule has 3 aromatic carbocycles. The first kappa shape index (κ1) is 17.4. The second kappa shape index (κ2) is 8.14. The first-order valence-electron chi connectivity index (χ1n) is 8.87. The first-order chi connectivity index (χ1) is 13.3. The SMILES string of the molecule is Oc1ccc(Sc2nc(Cc3ccccc3)cn2Cc2ccccc2)cc1. The van der Waals surface area contributed by atoms with Gasteiger partial charge in [-0.1, -0.05) is 72.4 Å². The molecule has 4 heteroatoms. The average Bonchev–Trinajstić information content (AvgIpc) is 3.06. The van der Waals surface area contributed by atoms with Gasteiger partial charge in [0.2, 0.25) is 0 Å². The molecule has 0 unspecified atom stereocenters. The van der Waals surface area contributed by atoms with E-state index in [1.54, 1.807) is 23.9 Å². The fourth-order valence-electron chi connectivity index (χ4n) is 2.94. The third kappa shape index (κ3) is 4.60. The van der Waals surface area contributed by atoms with Crippen LogP contribution < -0.4 is 0 Å². The number of benzene rings is 3. The van der Waals surface area contributed by atoms with E-state index in [1.165, 1.54) is 11.1 Å². The van der Waals surface area contributed by atoms with Crippen LogP contribution in [0.5, 0.6) is 5.75 Å². The molecule has 1 N–H and O–H groups in total. The lowest BCUT2D eigenvalue weighted by atomic mass is 10.1. The molecule has 0 atom stereocenters. The molecule has 0 saturated carbocycles. The maximum Gasteiger partial charge on any atom is 0.173 e. The van der Waals surface area contributed by atoms with Crippen LogP contribution in [0.15, 0.2) is 101 Å². The highest BCUT2D eigenvalue weighted by Crippen LogP contribution is 2.29. The summed E-state index contributed by atoms with van der Waals surface area (Å²) in [7, 11) is 0. The molecule has 27 heavy (non-hydrogen) atoms. The Bertz CT molecular complexity index is 996. The molecule has 4 aromatic rings. The van der Waals surface area contributed by atoms with E-state index in [-0.39, 0.29) is 5.75 Å². The summed E-state index contributed by atoms with van der Waals surface area (Å²) in [6.07, 6.45) is 2.95. The summed E-state index contributed by atoms with van der Waals surface area (Å²) in [5.41, 5.74) is 3.55. The molecule has 0 fully saturated rings. The maximum absolute atomic E-state index is 9.51. The first-order valence-corrected chi connectivity index (χ1v) is 9.69. The largest absolute Gasteiger partial charge is 0.508 e. The molecule has 1 aromatic heterocycles. The van der Waals surface area contributed by atoms with Crippen LogP contribution in [0.4, 0.5) is 0 Å². The lowest BCUT2D eigenvalue weighted by molar-refractivity contribution is 0.475. The predicted molar refractivity (Wildman–Crippen MR) is 109 cm³/mol. The third-order valence-corrected chi connectivity index (χ3v) is 5.28. The zero-order chi connectivity index (χ0) is 18.5. The van der Waals surface area contributed by atoms with E-state index < -0.39 is 0 Å². The minimum atomic E-state index is 0.275. The number of hydrogen-bond donors (Lipinski definition) is 1. The summed E-state index contributed by atoms with van der Waals surface area (Å²) in [6, 6.07) is 28.1. The molecule has 0 radical (unpaired) electrons. The summed E-state index contributed by atoms with van der Waals surface area (Å²) in [6.45, 7) is 0.781. The Kier molecular flexibility index (Phi) is 5.26. The maximum atomic E-state index is 9.51. The zero-order valence-corrected chi connectivity index (χ0v) is 15.6. The number of aromatic nitrogens is 2. The number of phenols is 1. The monoisotopic (exact) mass is 372 g/mol. The molecule has 1 heterocycles. The summed E-state index contributed by atoms with van der Waals surface area (Å²) >= 11 is 1.61. The van der Waals surface area contributed by atoms with Gasteiger partial charge in [-0.2, -0.15) is 0 Å². The number of aromatic hydroxyl groups is 1. The van der Waals surface area contributed by atoms with E-state index in [9.17, 15) is 5.11 Å². The quantitative estimate of drug-likeness (QED) is 0.494. The van der Waals surface area contributed by atoms with Gasteiger partial charge in [-0.3, -0.25) is 0 Å². The Balaban J connectivity index is 1.62. The molecule has 134 valence electrons. The fraction of sp³-hybridized carbons (Fsp3) is 0.0870. The Morgan fingerprint density at radius 3 is 2.07 bits per heavy atom. The van der Waals surface area contributed by atoms with Crippen LogP contribution in [0.25, 0.3) is 0 Å². The fourth-order valence-corrected chi connectivity index (χ4v) is 3.82. The molecular formula is C23H20N2OS. The number of nitrogens with zero attached hydrogens (tertiary/aromatic N) is 2. The lowest BCUT2D eigenvalue weighted by Crippen LogP contribution is -1.99. The normalized spacial score (nSPS) is 10.8. The summed E-state index contributed by atoms with van der Waals surface area (Å²) in [5, 5.41) is 10.5. The van der Waals surface area contributed by atoms with Gasteiger partial charge >= 0.3 is 0 Å². The number of rotatable bonds is 6. The van der Waals surface area contributed by atoms with E-state index >= 15 is 0 Å². The summed E-state index contributed by atoms with van der Waals surface area (Å²) in [4.78, 5) is 5.94. The zero-order valence-electron chi connectivity index (χ0n) is 14.8. The van der Waals surface area contributed by atoms with Crippen molar-refractivity contribution in [2.75, 3.05) is 0 Å². The second-order valence-electron chi connectivity index (χ2n) is 6.39. The third-order valence-electron chi connectivity index (χ3n) is 4.26. The predicted octanol–water partition coefficient (Wildman–Crippen LogP) is 5.38. The van der Waals surface area contributed by atoms with Gasteiger partial charge in [0.1, 0.15) is 5.75 Å². The van der Waals surface area contributed by atoms with Gasteiger partial charge in [-0.05, 0) is 35.4 Å². The molecule has 0 saturated heterocycles. The van der Waals surface area contributed by atoms with E-state index in [0.717, 1.165) is 28.7 Å². The van der Waals surface area contributed by atoms with E-state index in [4.69, 9.17) is 4.98 Å². The average molecular weight is 372 g/mol. The van der Waals surface area contributed by atoms with E-state index in [0.29, 0.717) is 0 Å². The van der Waals surface area contributed by atoms with Crippen molar-refractivity contribution in [1.29, 1.82) is 0 Å². The van der Waals surface area contributed by atoms with Gasteiger partial charge in [0, 0.05) is 24.1 Å². The molecule has 0 aliphatic heterocycles. The Hall–Kier alpha value is -2.98. The molecule has 0 aliphatic carbocycles. The number of phenolic OH excluding ortho intramolecular Hbond substituents is 1. The van der Waals surface area contributed by atoms with Crippen molar-refractivity contribution in [3.8, 4) is 5.75 Å². The van der Waals surface area contributed by atoms with E-state index in [1.807, 2.05) is 24.3 Å². The smallest absolute Gasteiger partial charge is 0.173 e. The van der Waals surface area contributed by atoms with Crippen LogP contribution in [0.3, 0.4) is 0 Å². The Labute approximate surface area is 163 Å². The molecule has 0 bridgehead atoms. The minimum Gasteiger partial charge on any atom is -0.508 e. The highest BCUT2D eigenvalue weighted by molar-refractivity contribution is 7.99. The molecule has 4 rings (SSSR count). The van der Waals surface area contributed by atoms with Gasteiger partial charge in [0.05, 0.1) is 5.69 Å². The van der Waals surface area contributed by atoms with Crippen LogP contribution in [0.1, 0.15) is 16.8 Å².